The summed E-state index contributed by atoms with van der Waals surface area (Å²) in [5.41, 5.74) is 0.701. The van der Waals surface area contributed by atoms with E-state index in [0.29, 0.717) is 10.8 Å². The maximum absolute atomic E-state index is 10.6. The third-order valence-electron chi connectivity index (χ3n) is 2.70. The number of benzene rings is 1. The van der Waals surface area contributed by atoms with Gasteiger partial charge in [-0.1, -0.05) is 12.1 Å². The van der Waals surface area contributed by atoms with Gasteiger partial charge < -0.3 is 5.11 Å². The number of carbonyl (C=O) groups excluding carboxylic acids is 1. The van der Waals surface area contributed by atoms with Gasteiger partial charge in [-0.3, -0.25) is 4.79 Å². The molecule has 2 nitrogen and oxygen atoms in total. The van der Waals surface area contributed by atoms with Gasteiger partial charge in [-0.15, -0.1) is 11.8 Å². The molecule has 0 aliphatic heterocycles. The Hall–Kier alpha value is -0.800. The van der Waals surface area contributed by atoms with Crippen LogP contribution < -0.4 is 0 Å². The molecule has 15 heavy (non-hydrogen) atoms. The van der Waals surface area contributed by atoms with Crippen LogP contribution in [0.2, 0.25) is 0 Å². The average Bonchev–Trinajstić information content (AvgIpc) is 2.65. The monoisotopic (exact) mass is 222 g/mol. The van der Waals surface area contributed by atoms with Crippen molar-refractivity contribution in [3.8, 4) is 0 Å². The highest BCUT2D eigenvalue weighted by Gasteiger charge is 2.25. The molecule has 1 aromatic rings. The molecule has 1 aliphatic carbocycles. The van der Waals surface area contributed by atoms with E-state index in [1.165, 1.54) is 0 Å². The first-order valence-corrected chi connectivity index (χ1v) is 6.07. The van der Waals surface area contributed by atoms with Gasteiger partial charge in [0.05, 0.1) is 6.10 Å². The molecule has 2 unspecified atom stereocenters. The van der Waals surface area contributed by atoms with Crippen LogP contribution in [-0.2, 0) is 0 Å². The van der Waals surface area contributed by atoms with Crippen LogP contribution in [-0.4, -0.2) is 22.7 Å². The summed E-state index contributed by atoms with van der Waals surface area (Å²) in [6.45, 7) is 0. The topological polar surface area (TPSA) is 37.3 Å². The molecule has 1 aliphatic rings. The molecule has 2 atom stereocenters. The zero-order chi connectivity index (χ0) is 10.7. The largest absolute Gasteiger partial charge is 0.392 e. The van der Waals surface area contributed by atoms with E-state index in [1.54, 1.807) is 17.8 Å². The molecule has 0 radical (unpaired) electrons. The van der Waals surface area contributed by atoms with Crippen molar-refractivity contribution in [3.05, 3.63) is 29.8 Å². The van der Waals surface area contributed by atoms with E-state index in [9.17, 15) is 9.90 Å². The molecule has 1 fully saturated rings. The standard InChI is InChI=1S/C12H14O2S/c13-8-9-3-1-4-10(7-9)15-12-6-2-5-11(12)14/h1,3-4,7-8,11-12,14H,2,5-6H2. The SMILES string of the molecule is O=Cc1cccc(SC2CCCC2O)c1. The molecule has 0 spiro atoms. The van der Waals surface area contributed by atoms with E-state index in [4.69, 9.17) is 0 Å². The van der Waals surface area contributed by atoms with Crippen molar-refractivity contribution in [2.75, 3.05) is 0 Å². The number of aliphatic hydroxyl groups is 1. The van der Waals surface area contributed by atoms with E-state index in [2.05, 4.69) is 0 Å². The second-order valence-corrected chi connectivity index (χ2v) is 5.16. The summed E-state index contributed by atoms with van der Waals surface area (Å²) in [6.07, 6.45) is 3.75. The van der Waals surface area contributed by atoms with Crippen LogP contribution in [0.4, 0.5) is 0 Å². The van der Waals surface area contributed by atoms with Crippen LogP contribution >= 0.6 is 11.8 Å². The van der Waals surface area contributed by atoms with Crippen LogP contribution in [0.3, 0.4) is 0 Å². The minimum absolute atomic E-state index is 0.185. The van der Waals surface area contributed by atoms with Gasteiger partial charge >= 0.3 is 0 Å². The van der Waals surface area contributed by atoms with Gasteiger partial charge in [0.1, 0.15) is 6.29 Å². The number of hydrogen-bond acceptors (Lipinski definition) is 3. The molecule has 0 bridgehead atoms. The summed E-state index contributed by atoms with van der Waals surface area (Å²) >= 11 is 1.68. The number of aliphatic hydroxyl groups excluding tert-OH is 1. The lowest BCUT2D eigenvalue weighted by molar-refractivity contribution is 0.112. The van der Waals surface area contributed by atoms with Crippen molar-refractivity contribution >= 4 is 18.0 Å². The highest BCUT2D eigenvalue weighted by molar-refractivity contribution is 8.00. The fraction of sp³-hybridized carbons (Fsp3) is 0.417. The lowest BCUT2D eigenvalue weighted by atomic mass is 10.2. The van der Waals surface area contributed by atoms with Gasteiger partial charge in [0.25, 0.3) is 0 Å². The van der Waals surface area contributed by atoms with Crippen molar-refractivity contribution in [3.63, 3.8) is 0 Å². The van der Waals surface area contributed by atoms with E-state index in [-0.39, 0.29) is 6.10 Å². The summed E-state index contributed by atoms with van der Waals surface area (Å²) in [5, 5.41) is 9.98. The Labute approximate surface area is 93.7 Å². The summed E-state index contributed by atoms with van der Waals surface area (Å²) in [7, 11) is 0. The van der Waals surface area contributed by atoms with Crippen LogP contribution in [0.15, 0.2) is 29.2 Å². The molecule has 2 rings (SSSR count). The molecule has 80 valence electrons. The van der Waals surface area contributed by atoms with E-state index in [0.717, 1.165) is 30.4 Å². The molecule has 0 amide bonds. The second kappa shape index (κ2) is 4.81. The Bertz CT molecular complexity index is 351. The third kappa shape index (κ3) is 2.61. The third-order valence-corrected chi connectivity index (χ3v) is 4.08. The summed E-state index contributed by atoms with van der Waals surface area (Å²) in [4.78, 5) is 11.7. The number of thioether (sulfide) groups is 1. The Kier molecular flexibility index (Phi) is 3.44. The molecule has 1 saturated carbocycles. The summed E-state index contributed by atoms with van der Waals surface area (Å²) in [5.74, 6) is 0. The Morgan fingerprint density at radius 2 is 2.27 bits per heavy atom. The normalized spacial score (nSPS) is 25.4. The van der Waals surface area contributed by atoms with Crippen molar-refractivity contribution < 1.29 is 9.90 Å². The number of carbonyl (C=O) groups is 1. The first-order chi connectivity index (χ1) is 7.29. The molecular formula is C12H14O2S. The van der Waals surface area contributed by atoms with Gasteiger partial charge in [0.15, 0.2) is 0 Å². The highest BCUT2D eigenvalue weighted by atomic mass is 32.2. The number of aldehydes is 1. The van der Waals surface area contributed by atoms with E-state index >= 15 is 0 Å². The van der Waals surface area contributed by atoms with Crippen molar-refractivity contribution in [2.24, 2.45) is 0 Å². The molecule has 0 aromatic heterocycles. The molecule has 1 aromatic carbocycles. The van der Waals surface area contributed by atoms with Crippen molar-refractivity contribution in [1.82, 2.24) is 0 Å². The lowest BCUT2D eigenvalue weighted by Crippen LogP contribution is -2.14. The second-order valence-electron chi connectivity index (χ2n) is 3.84. The van der Waals surface area contributed by atoms with E-state index in [1.807, 2.05) is 18.2 Å². The molecule has 0 heterocycles. The molecular weight excluding hydrogens is 208 g/mol. The smallest absolute Gasteiger partial charge is 0.150 e. The minimum Gasteiger partial charge on any atom is -0.392 e. The van der Waals surface area contributed by atoms with E-state index < -0.39 is 0 Å². The predicted molar refractivity (Wildman–Crippen MR) is 61.3 cm³/mol. The first-order valence-electron chi connectivity index (χ1n) is 5.19. The van der Waals surface area contributed by atoms with Gasteiger partial charge in [-0.05, 0) is 31.4 Å². The molecule has 0 saturated heterocycles. The van der Waals surface area contributed by atoms with Crippen LogP contribution in [0, 0.1) is 0 Å². The zero-order valence-corrected chi connectivity index (χ0v) is 9.24. The first kappa shape index (κ1) is 10.7. The average molecular weight is 222 g/mol. The van der Waals surface area contributed by atoms with Gasteiger partial charge in [0.2, 0.25) is 0 Å². The Morgan fingerprint density at radius 3 is 2.93 bits per heavy atom. The maximum atomic E-state index is 10.6. The number of hydrogen-bond donors (Lipinski definition) is 1. The van der Waals surface area contributed by atoms with Gasteiger partial charge in [-0.25, -0.2) is 0 Å². The van der Waals surface area contributed by atoms with Crippen LogP contribution in [0.1, 0.15) is 29.6 Å². The van der Waals surface area contributed by atoms with Crippen molar-refractivity contribution in [1.29, 1.82) is 0 Å². The summed E-state index contributed by atoms with van der Waals surface area (Å²) in [6, 6.07) is 7.54. The molecule has 3 heteroatoms. The number of rotatable bonds is 3. The van der Waals surface area contributed by atoms with Gasteiger partial charge in [-0.2, -0.15) is 0 Å². The maximum Gasteiger partial charge on any atom is 0.150 e. The fourth-order valence-electron chi connectivity index (χ4n) is 1.88. The molecule has 1 N–H and O–H groups in total. The fourth-order valence-corrected chi connectivity index (χ4v) is 3.17. The Morgan fingerprint density at radius 1 is 1.40 bits per heavy atom. The van der Waals surface area contributed by atoms with Gasteiger partial charge in [0, 0.05) is 15.7 Å². The predicted octanol–water partition coefficient (Wildman–Crippen LogP) is 2.50. The summed E-state index contributed by atoms with van der Waals surface area (Å²) < 4.78 is 0. The highest BCUT2D eigenvalue weighted by Crippen LogP contribution is 2.35. The minimum atomic E-state index is -0.185. The lowest BCUT2D eigenvalue weighted by Gasteiger charge is -2.13. The van der Waals surface area contributed by atoms with Crippen LogP contribution in [0.5, 0.6) is 0 Å². The van der Waals surface area contributed by atoms with Crippen LogP contribution in [0.25, 0.3) is 0 Å². The Balaban J connectivity index is 2.06. The van der Waals surface area contributed by atoms with Crippen molar-refractivity contribution in [2.45, 2.75) is 35.5 Å². The zero-order valence-electron chi connectivity index (χ0n) is 8.43. The quantitative estimate of drug-likeness (QED) is 0.798.